The largest absolute Gasteiger partial charge is 0.394 e. The van der Waals surface area contributed by atoms with E-state index in [4.69, 9.17) is 11.5 Å². The quantitative estimate of drug-likeness (QED) is 0.146. The van der Waals surface area contributed by atoms with Crippen LogP contribution in [0.15, 0.2) is 0 Å². The Morgan fingerprint density at radius 2 is 1.24 bits per heavy atom. The van der Waals surface area contributed by atoms with Crippen LogP contribution in [-0.4, -0.2) is 48.1 Å². The van der Waals surface area contributed by atoms with Crippen LogP contribution in [0.5, 0.6) is 0 Å². The minimum atomic E-state index is -1.16. The minimum absolute atomic E-state index is 0.175. The Morgan fingerprint density at radius 3 is 1.70 bits per heavy atom. The van der Waals surface area contributed by atoms with Gasteiger partial charge in [-0.15, -0.1) is 0 Å². The molecule has 7 N–H and O–H groups in total. The Morgan fingerprint density at radius 1 is 0.727 bits per heavy atom. The number of carbonyl (C=O) groups is 3. The summed E-state index contributed by atoms with van der Waals surface area (Å²) in [7, 11) is 0. The molecule has 0 spiro atoms. The normalized spacial score (nSPS) is 12.8. The summed E-state index contributed by atoms with van der Waals surface area (Å²) in [4.78, 5) is 36.0. The van der Waals surface area contributed by atoms with Crippen molar-refractivity contribution in [3.63, 3.8) is 0 Å². The number of carbonyl (C=O) groups excluding carboxylic acids is 3. The van der Waals surface area contributed by atoms with Gasteiger partial charge in [-0.2, -0.15) is 0 Å². The van der Waals surface area contributed by atoms with Crippen LogP contribution >= 0.6 is 0 Å². The van der Waals surface area contributed by atoms with Crippen LogP contribution in [0.2, 0.25) is 0 Å². The Balaban J connectivity index is 4.02. The van der Waals surface area contributed by atoms with Crippen molar-refractivity contribution < 1.29 is 19.5 Å². The zero-order valence-electron chi connectivity index (χ0n) is 20.9. The lowest BCUT2D eigenvalue weighted by Gasteiger charge is -2.21. The highest BCUT2D eigenvalue weighted by Gasteiger charge is 2.24. The van der Waals surface area contributed by atoms with Crippen LogP contribution in [0, 0.1) is 0 Å². The molecule has 0 aromatic carbocycles. The van der Waals surface area contributed by atoms with E-state index in [9.17, 15) is 19.5 Å². The lowest BCUT2D eigenvalue weighted by molar-refractivity contribution is -0.132. The van der Waals surface area contributed by atoms with Gasteiger partial charge >= 0.3 is 0 Å². The summed E-state index contributed by atoms with van der Waals surface area (Å²) in [5.74, 6) is -1.50. The fourth-order valence-electron chi connectivity index (χ4n) is 3.81. The summed E-state index contributed by atoms with van der Waals surface area (Å²) in [6.07, 6.45) is 18.3. The lowest BCUT2D eigenvalue weighted by Crippen LogP contribution is -2.54. The van der Waals surface area contributed by atoms with Gasteiger partial charge in [0, 0.05) is 6.42 Å². The van der Waals surface area contributed by atoms with Crippen LogP contribution in [0.4, 0.5) is 0 Å². The summed E-state index contributed by atoms with van der Waals surface area (Å²) in [6, 6.07) is -1.92. The molecule has 0 heterocycles. The third kappa shape index (κ3) is 18.4. The smallest absolute Gasteiger partial charge is 0.243 e. The van der Waals surface area contributed by atoms with Gasteiger partial charge in [-0.1, -0.05) is 84.0 Å². The highest BCUT2D eigenvalue weighted by atomic mass is 16.3. The van der Waals surface area contributed by atoms with E-state index in [2.05, 4.69) is 17.6 Å². The average Bonchev–Trinajstić information content (AvgIpc) is 2.79. The number of primary amides is 1. The zero-order chi connectivity index (χ0) is 24.7. The first-order valence-electron chi connectivity index (χ1n) is 13.2. The van der Waals surface area contributed by atoms with Gasteiger partial charge in [0.25, 0.3) is 0 Å². The van der Waals surface area contributed by atoms with E-state index in [0.717, 1.165) is 25.7 Å². The molecule has 3 amide bonds. The molecule has 0 radical (unpaired) electrons. The van der Waals surface area contributed by atoms with Gasteiger partial charge in [-0.25, -0.2) is 0 Å². The van der Waals surface area contributed by atoms with Crippen LogP contribution in [0.25, 0.3) is 0 Å². The van der Waals surface area contributed by atoms with Crippen LogP contribution in [-0.2, 0) is 14.4 Å². The minimum Gasteiger partial charge on any atom is -0.394 e. The fraction of sp³-hybridized carbons (Fsp3) is 0.880. The SMILES string of the molecule is CCCCCCCCCCCCCCCC(=O)N[C@@H](CCCCN)C(=O)N[C@@H](CO)C(N)=O. The Bertz CT molecular complexity index is 517. The maximum atomic E-state index is 12.5. The first-order chi connectivity index (χ1) is 16.0. The molecule has 33 heavy (non-hydrogen) atoms. The van der Waals surface area contributed by atoms with E-state index in [1.54, 1.807) is 0 Å². The number of amides is 3. The molecular formula is C25H50N4O4. The molecule has 0 bridgehead atoms. The maximum absolute atomic E-state index is 12.5. The zero-order valence-corrected chi connectivity index (χ0v) is 20.9. The molecular weight excluding hydrogens is 420 g/mol. The standard InChI is InChI=1S/C25H50N4O4/c1-2-3-4-5-6-7-8-9-10-11-12-13-14-18-23(31)28-21(17-15-16-19-26)25(33)29-22(20-30)24(27)32/h21-22,30H,2-20,26H2,1H3,(H2,27,32)(H,28,31)(H,29,33)/t21-,22-/m0/s1. The van der Waals surface area contributed by atoms with Crippen molar-refractivity contribution in [1.29, 1.82) is 0 Å². The number of nitrogens with two attached hydrogens (primary N) is 2. The van der Waals surface area contributed by atoms with Crippen LogP contribution < -0.4 is 22.1 Å². The van der Waals surface area contributed by atoms with Crippen molar-refractivity contribution in [2.75, 3.05) is 13.2 Å². The number of aliphatic hydroxyl groups excluding tert-OH is 1. The monoisotopic (exact) mass is 470 g/mol. The van der Waals surface area contributed by atoms with Gasteiger partial charge < -0.3 is 27.2 Å². The first-order valence-corrected chi connectivity index (χ1v) is 13.2. The van der Waals surface area contributed by atoms with Gasteiger partial charge in [0.1, 0.15) is 12.1 Å². The lowest BCUT2D eigenvalue weighted by atomic mass is 10.0. The van der Waals surface area contributed by atoms with Crippen LogP contribution in [0.1, 0.15) is 116 Å². The Hall–Kier alpha value is -1.67. The van der Waals surface area contributed by atoms with Gasteiger partial charge in [0.2, 0.25) is 17.7 Å². The molecule has 0 fully saturated rings. The van der Waals surface area contributed by atoms with Gasteiger partial charge in [-0.3, -0.25) is 14.4 Å². The molecule has 0 saturated heterocycles. The number of hydrogen-bond donors (Lipinski definition) is 5. The van der Waals surface area contributed by atoms with Crippen molar-refractivity contribution in [3.8, 4) is 0 Å². The molecule has 0 rings (SSSR count). The third-order valence-electron chi connectivity index (χ3n) is 5.95. The summed E-state index contributed by atoms with van der Waals surface area (Å²) in [5.41, 5.74) is 10.7. The molecule has 0 unspecified atom stereocenters. The second kappa shape index (κ2) is 22.1. The molecule has 0 saturated carbocycles. The molecule has 0 aliphatic carbocycles. The summed E-state index contributed by atoms with van der Waals surface area (Å²) < 4.78 is 0. The van der Waals surface area contributed by atoms with Gasteiger partial charge in [0.15, 0.2) is 0 Å². The molecule has 8 nitrogen and oxygen atoms in total. The second-order valence-corrected chi connectivity index (χ2v) is 9.04. The maximum Gasteiger partial charge on any atom is 0.243 e. The molecule has 0 aromatic heterocycles. The van der Waals surface area contributed by atoms with Crippen molar-refractivity contribution in [2.45, 2.75) is 128 Å². The molecule has 0 aliphatic rings. The highest BCUT2D eigenvalue weighted by Crippen LogP contribution is 2.13. The second-order valence-electron chi connectivity index (χ2n) is 9.04. The van der Waals surface area contributed by atoms with E-state index in [0.29, 0.717) is 25.8 Å². The summed E-state index contributed by atoms with van der Waals surface area (Å²) in [6.45, 7) is 2.17. The van der Waals surface area contributed by atoms with Crippen LogP contribution in [0.3, 0.4) is 0 Å². The molecule has 0 aliphatic heterocycles. The van der Waals surface area contributed by atoms with Gasteiger partial charge in [0.05, 0.1) is 6.61 Å². The summed E-state index contributed by atoms with van der Waals surface area (Å²) in [5, 5.41) is 14.4. The molecule has 2 atom stereocenters. The molecule has 194 valence electrons. The number of hydrogen-bond acceptors (Lipinski definition) is 5. The topological polar surface area (TPSA) is 148 Å². The third-order valence-corrected chi connectivity index (χ3v) is 5.95. The number of aliphatic hydroxyl groups is 1. The van der Waals surface area contributed by atoms with E-state index >= 15 is 0 Å². The van der Waals surface area contributed by atoms with Crippen molar-refractivity contribution in [1.82, 2.24) is 10.6 Å². The Kier molecular flexibility index (Phi) is 21.0. The van der Waals surface area contributed by atoms with E-state index in [1.165, 1.54) is 64.2 Å². The van der Waals surface area contributed by atoms with Crippen molar-refractivity contribution >= 4 is 17.7 Å². The predicted octanol–water partition coefficient (Wildman–Crippen LogP) is 3.04. The highest BCUT2D eigenvalue weighted by molar-refractivity contribution is 5.91. The van der Waals surface area contributed by atoms with Gasteiger partial charge in [-0.05, 0) is 32.2 Å². The number of unbranched alkanes of at least 4 members (excludes halogenated alkanes) is 13. The fourth-order valence-corrected chi connectivity index (χ4v) is 3.81. The Labute approximate surface area is 201 Å². The van der Waals surface area contributed by atoms with Crippen molar-refractivity contribution in [2.24, 2.45) is 11.5 Å². The first kappa shape index (κ1) is 31.3. The van der Waals surface area contributed by atoms with E-state index < -0.39 is 30.5 Å². The summed E-state index contributed by atoms with van der Waals surface area (Å²) >= 11 is 0. The van der Waals surface area contributed by atoms with E-state index in [-0.39, 0.29) is 5.91 Å². The van der Waals surface area contributed by atoms with Crippen molar-refractivity contribution in [3.05, 3.63) is 0 Å². The molecule has 0 aromatic rings. The number of rotatable bonds is 23. The average molecular weight is 471 g/mol. The van der Waals surface area contributed by atoms with E-state index in [1.807, 2.05) is 0 Å². The predicted molar refractivity (Wildman–Crippen MR) is 133 cm³/mol. The number of nitrogens with one attached hydrogen (secondary N) is 2. The molecule has 8 heteroatoms.